The summed E-state index contributed by atoms with van der Waals surface area (Å²) in [7, 11) is -10.7. The van der Waals surface area contributed by atoms with Gasteiger partial charge in [-0.3, -0.25) is 28.0 Å². The van der Waals surface area contributed by atoms with Gasteiger partial charge in [0.25, 0.3) is 0 Å². The van der Waals surface area contributed by atoms with Gasteiger partial charge in [0.2, 0.25) is 0 Å². The highest BCUT2D eigenvalue weighted by Gasteiger charge is 2.54. The van der Waals surface area contributed by atoms with Gasteiger partial charge in [0, 0.05) is 19.3 Å². The fraction of sp³-hybridized carbons (Fsp3) is 0.800. The standard InChI is InChI=1S/C45H80O17P2/c1-3-5-7-8-9-10-11-12-13-14-15-18-21-24-28-32-38(47)58-34-37(60-39(48)33-29-25-22-19-16-17-20-23-27-31-36(46)30-26-6-4-2)35-59-64(56,57)62-45-42(51)40(49)41(50)44(43(45)52)61-63(53,54)55/h12-13,20,23,27,31,37,40-45,49-52H,3-11,14-19,21-22,24-26,28-30,32-35H2,1-2H3,(H,56,57)(H2,53,54,55)/b13-12-,23-20-,31-27+/t37-,40?,41?,42?,43?,44-,45+/m1/s1. The Hall–Kier alpha value is -2.11. The van der Waals surface area contributed by atoms with Crippen LogP contribution in [0.3, 0.4) is 0 Å². The molecule has 8 atom stereocenters. The van der Waals surface area contributed by atoms with Gasteiger partial charge in [-0.2, -0.15) is 0 Å². The van der Waals surface area contributed by atoms with Crippen LogP contribution in [0.2, 0.25) is 0 Å². The van der Waals surface area contributed by atoms with Crippen LogP contribution in [0.5, 0.6) is 0 Å². The van der Waals surface area contributed by atoms with Crippen molar-refractivity contribution in [2.45, 2.75) is 217 Å². The topological polar surface area (TPSA) is 273 Å². The van der Waals surface area contributed by atoms with E-state index in [-0.39, 0.29) is 18.6 Å². The molecule has 0 aliphatic heterocycles. The zero-order chi connectivity index (χ0) is 47.6. The minimum atomic E-state index is -5.37. The molecule has 0 aromatic heterocycles. The Balaban J connectivity index is 2.63. The summed E-state index contributed by atoms with van der Waals surface area (Å²) < 4.78 is 49.3. The molecule has 0 aromatic carbocycles. The number of aliphatic hydroxyl groups is 4. The molecule has 0 radical (unpaired) electrons. The first kappa shape index (κ1) is 59.9. The third kappa shape index (κ3) is 30.2. The number of unbranched alkanes of at least 4 members (excludes halogenated alkanes) is 18. The van der Waals surface area contributed by atoms with Crippen LogP contribution in [-0.2, 0) is 46.6 Å². The summed E-state index contributed by atoms with van der Waals surface area (Å²) in [5.74, 6) is -1.15. The first-order valence-electron chi connectivity index (χ1n) is 23.5. The highest BCUT2D eigenvalue weighted by atomic mass is 31.2. The molecule has 0 aromatic rings. The van der Waals surface area contributed by atoms with Crippen LogP contribution < -0.4 is 0 Å². The second kappa shape index (κ2) is 36.0. The van der Waals surface area contributed by atoms with Crippen molar-refractivity contribution in [2.24, 2.45) is 0 Å². The Morgan fingerprint density at radius 2 is 1.00 bits per heavy atom. The smallest absolute Gasteiger partial charge is 0.462 e. The van der Waals surface area contributed by atoms with Gasteiger partial charge >= 0.3 is 27.6 Å². The number of carbonyl (C=O) groups excluding carboxylic acids is 3. The second-order valence-electron chi connectivity index (χ2n) is 16.5. The van der Waals surface area contributed by atoms with E-state index in [4.69, 9.17) is 28.3 Å². The Labute approximate surface area is 380 Å². The molecule has 372 valence electrons. The molecule has 7 N–H and O–H groups in total. The molecule has 19 heteroatoms. The van der Waals surface area contributed by atoms with Crippen molar-refractivity contribution in [3.05, 3.63) is 36.5 Å². The zero-order valence-electron chi connectivity index (χ0n) is 38.2. The number of carbonyl (C=O) groups is 3. The average Bonchev–Trinajstić information content (AvgIpc) is 3.24. The molecule has 0 saturated heterocycles. The van der Waals surface area contributed by atoms with Crippen LogP contribution in [0.1, 0.15) is 174 Å². The van der Waals surface area contributed by atoms with Crippen molar-refractivity contribution in [1.29, 1.82) is 0 Å². The maximum absolute atomic E-state index is 13.0. The van der Waals surface area contributed by atoms with E-state index in [2.05, 4.69) is 30.5 Å². The van der Waals surface area contributed by atoms with E-state index in [1.54, 1.807) is 12.2 Å². The number of ether oxygens (including phenoxy) is 2. The SMILES string of the molecule is CCCCCCCC/C=C\CCCCCCCC(=O)OC[C@H](COP(=O)(O)O[C@H]1C(O)C(O)C(O)[C@@H](OP(=O)(O)O)C1O)OC(=O)CCCCCCC/C=C\C=C\C(=O)CCCCC. The Kier molecular flexibility index (Phi) is 33.7. The van der Waals surface area contributed by atoms with Gasteiger partial charge in [-0.05, 0) is 63.9 Å². The molecule has 64 heavy (non-hydrogen) atoms. The van der Waals surface area contributed by atoms with Crippen LogP contribution in [0.4, 0.5) is 0 Å². The summed E-state index contributed by atoms with van der Waals surface area (Å²) in [4.78, 5) is 66.0. The van der Waals surface area contributed by atoms with E-state index in [0.29, 0.717) is 19.3 Å². The normalized spacial score (nSPS) is 22.0. The fourth-order valence-electron chi connectivity index (χ4n) is 6.94. The van der Waals surface area contributed by atoms with Crippen LogP contribution in [0.25, 0.3) is 0 Å². The lowest BCUT2D eigenvalue weighted by Crippen LogP contribution is -2.64. The number of hydrogen-bond acceptors (Lipinski definition) is 14. The highest BCUT2D eigenvalue weighted by Crippen LogP contribution is 2.49. The number of esters is 2. The summed E-state index contributed by atoms with van der Waals surface area (Å²) in [5.41, 5.74) is 0. The average molecular weight is 955 g/mol. The minimum Gasteiger partial charge on any atom is -0.462 e. The summed E-state index contributed by atoms with van der Waals surface area (Å²) in [6, 6.07) is 0. The van der Waals surface area contributed by atoms with Gasteiger partial charge < -0.3 is 44.6 Å². The van der Waals surface area contributed by atoms with E-state index < -0.39 is 83.5 Å². The van der Waals surface area contributed by atoms with E-state index in [0.717, 1.165) is 89.9 Å². The number of ketones is 1. The predicted octanol–water partition coefficient (Wildman–Crippen LogP) is 7.91. The molecule has 1 aliphatic rings. The van der Waals surface area contributed by atoms with Crippen molar-refractivity contribution in [3.8, 4) is 0 Å². The van der Waals surface area contributed by atoms with E-state index >= 15 is 0 Å². The Morgan fingerprint density at radius 3 is 1.56 bits per heavy atom. The number of phosphoric ester groups is 2. The third-order valence-corrected chi connectivity index (χ3v) is 12.2. The van der Waals surface area contributed by atoms with E-state index in [1.165, 1.54) is 38.5 Å². The van der Waals surface area contributed by atoms with Crippen molar-refractivity contribution < 1.29 is 81.7 Å². The van der Waals surface area contributed by atoms with Crippen LogP contribution in [0, 0.1) is 0 Å². The second-order valence-corrected chi connectivity index (χ2v) is 19.1. The van der Waals surface area contributed by atoms with Gasteiger partial charge in [0.05, 0.1) is 6.61 Å². The molecule has 1 aliphatic carbocycles. The van der Waals surface area contributed by atoms with Crippen molar-refractivity contribution in [1.82, 2.24) is 0 Å². The highest BCUT2D eigenvalue weighted by molar-refractivity contribution is 7.47. The van der Waals surface area contributed by atoms with Crippen molar-refractivity contribution >= 4 is 33.4 Å². The number of hydrogen-bond donors (Lipinski definition) is 7. The maximum Gasteiger partial charge on any atom is 0.472 e. The Morgan fingerprint density at radius 1 is 0.531 bits per heavy atom. The Bertz CT molecular complexity index is 1450. The van der Waals surface area contributed by atoms with Crippen LogP contribution >= 0.6 is 15.6 Å². The lowest BCUT2D eigenvalue weighted by atomic mass is 9.85. The maximum atomic E-state index is 13.0. The largest absolute Gasteiger partial charge is 0.472 e. The molecule has 5 unspecified atom stereocenters. The van der Waals surface area contributed by atoms with Gasteiger partial charge in [0.15, 0.2) is 11.9 Å². The molecule has 1 fully saturated rings. The van der Waals surface area contributed by atoms with Crippen molar-refractivity contribution in [3.63, 3.8) is 0 Å². The first-order valence-corrected chi connectivity index (χ1v) is 26.5. The molecule has 17 nitrogen and oxygen atoms in total. The molecule has 1 saturated carbocycles. The lowest BCUT2D eigenvalue weighted by Gasteiger charge is -2.43. The predicted molar refractivity (Wildman–Crippen MR) is 242 cm³/mol. The van der Waals surface area contributed by atoms with Gasteiger partial charge in [-0.25, -0.2) is 9.13 Å². The quantitative estimate of drug-likeness (QED) is 0.00770. The van der Waals surface area contributed by atoms with Crippen molar-refractivity contribution in [2.75, 3.05) is 13.2 Å². The minimum absolute atomic E-state index is 0.00867. The monoisotopic (exact) mass is 954 g/mol. The summed E-state index contributed by atoms with van der Waals surface area (Å²) in [6.45, 7) is 2.91. The van der Waals surface area contributed by atoms with E-state index in [9.17, 15) is 48.8 Å². The molecule has 0 bridgehead atoms. The number of allylic oxidation sites excluding steroid dienone is 6. The van der Waals surface area contributed by atoms with Gasteiger partial charge in [-0.1, -0.05) is 128 Å². The fourth-order valence-corrected chi connectivity index (χ4v) is 8.48. The molecular formula is C45H80O17P2. The molecule has 0 spiro atoms. The molecule has 0 amide bonds. The van der Waals surface area contributed by atoms with Crippen LogP contribution in [-0.4, -0.2) is 109 Å². The zero-order valence-corrected chi connectivity index (χ0v) is 40.0. The molecule has 1 rings (SSSR count). The third-order valence-electron chi connectivity index (χ3n) is 10.7. The summed E-state index contributed by atoms with van der Waals surface area (Å²) >= 11 is 0. The van der Waals surface area contributed by atoms with Gasteiger partial charge in [0.1, 0.15) is 43.2 Å². The lowest BCUT2D eigenvalue weighted by molar-refractivity contribution is -0.216. The molecule has 0 heterocycles. The summed E-state index contributed by atoms with van der Waals surface area (Å²) in [5, 5.41) is 41.2. The first-order chi connectivity index (χ1) is 30.5. The molecular weight excluding hydrogens is 874 g/mol. The summed E-state index contributed by atoms with van der Waals surface area (Å²) in [6.07, 6.45) is 19.4. The number of aliphatic hydroxyl groups excluding tert-OH is 4. The van der Waals surface area contributed by atoms with Gasteiger partial charge in [-0.15, -0.1) is 0 Å². The van der Waals surface area contributed by atoms with E-state index in [1.807, 2.05) is 12.2 Å². The van der Waals surface area contributed by atoms with Crippen LogP contribution in [0.15, 0.2) is 36.5 Å². The number of phosphoric acid groups is 2. The number of rotatable bonds is 39.